The Morgan fingerprint density at radius 2 is 2.27 bits per heavy atom. The van der Waals surface area contributed by atoms with Crippen LogP contribution in [0.2, 0.25) is 0 Å². The summed E-state index contributed by atoms with van der Waals surface area (Å²) in [6.07, 6.45) is 0.207. The van der Waals surface area contributed by atoms with E-state index in [1.54, 1.807) is 0 Å². The molecule has 0 aromatic carbocycles. The fourth-order valence-corrected chi connectivity index (χ4v) is 1.09. The third-order valence-corrected chi connectivity index (χ3v) is 1.81. The summed E-state index contributed by atoms with van der Waals surface area (Å²) in [5.74, 6) is 0. The lowest BCUT2D eigenvalue weighted by molar-refractivity contribution is -0.386. The van der Waals surface area contributed by atoms with Crippen LogP contribution >= 0.6 is 0 Å². The van der Waals surface area contributed by atoms with Gasteiger partial charge in [-0.05, 0) is 6.07 Å². The predicted molar refractivity (Wildman–Crippen MR) is 50.4 cm³/mol. The second kappa shape index (κ2) is 4.67. The highest BCUT2D eigenvalue weighted by Gasteiger charge is 2.14. The summed E-state index contributed by atoms with van der Waals surface area (Å²) in [5.41, 5.74) is -1.35. The van der Waals surface area contributed by atoms with Crippen molar-refractivity contribution in [3.05, 3.63) is 38.8 Å². The second-order valence-electron chi connectivity index (χ2n) is 2.94. The Hall–Kier alpha value is -1.73. The van der Waals surface area contributed by atoms with E-state index in [2.05, 4.69) is 0 Å². The zero-order chi connectivity index (χ0) is 11.4. The van der Waals surface area contributed by atoms with Gasteiger partial charge in [0.05, 0.1) is 24.2 Å². The molecule has 0 bridgehead atoms. The standard InChI is InChI=1S/C8H10N2O5/c11-5-6(12)4-9-3-1-2-7(8(9)13)10(14)15/h1-3,6,11-12H,4-5H2. The minimum absolute atomic E-state index is 0.170. The third-order valence-electron chi connectivity index (χ3n) is 1.81. The Kier molecular flexibility index (Phi) is 3.53. The van der Waals surface area contributed by atoms with Crippen molar-refractivity contribution in [2.75, 3.05) is 6.61 Å². The smallest absolute Gasteiger partial charge is 0.334 e. The first-order valence-corrected chi connectivity index (χ1v) is 4.19. The van der Waals surface area contributed by atoms with Crippen LogP contribution in [0.3, 0.4) is 0 Å². The number of nitro groups is 1. The minimum Gasteiger partial charge on any atom is -0.394 e. The van der Waals surface area contributed by atoms with Gasteiger partial charge >= 0.3 is 11.2 Å². The molecule has 7 heteroatoms. The van der Waals surface area contributed by atoms with E-state index in [-0.39, 0.29) is 6.54 Å². The van der Waals surface area contributed by atoms with Crippen LogP contribution in [0.15, 0.2) is 23.1 Å². The molecule has 2 N–H and O–H groups in total. The second-order valence-corrected chi connectivity index (χ2v) is 2.94. The molecule has 82 valence electrons. The molecular formula is C8H10N2O5. The van der Waals surface area contributed by atoms with E-state index in [0.717, 1.165) is 10.6 Å². The number of nitrogens with zero attached hydrogens (tertiary/aromatic N) is 2. The van der Waals surface area contributed by atoms with Crippen molar-refractivity contribution in [3.8, 4) is 0 Å². The van der Waals surface area contributed by atoms with Crippen LogP contribution in [-0.4, -0.2) is 32.4 Å². The van der Waals surface area contributed by atoms with Crippen molar-refractivity contribution in [2.45, 2.75) is 12.6 Å². The van der Waals surface area contributed by atoms with Gasteiger partial charge in [0.25, 0.3) is 0 Å². The van der Waals surface area contributed by atoms with E-state index < -0.39 is 28.9 Å². The average Bonchev–Trinajstić information content (AvgIpc) is 2.20. The first-order valence-electron chi connectivity index (χ1n) is 4.19. The maximum Gasteiger partial charge on any atom is 0.334 e. The van der Waals surface area contributed by atoms with Crippen LogP contribution in [0.5, 0.6) is 0 Å². The summed E-state index contributed by atoms with van der Waals surface area (Å²) in [6.45, 7) is -0.674. The molecule has 1 aromatic heterocycles. The molecule has 1 heterocycles. The van der Waals surface area contributed by atoms with Crippen LogP contribution in [0.1, 0.15) is 0 Å². The van der Waals surface area contributed by atoms with Gasteiger partial charge in [0.2, 0.25) is 0 Å². The summed E-state index contributed by atoms with van der Waals surface area (Å²) in [5, 5.41) is 28.1. The van der Waals surface area contributed by atoms with Crippen LogP contribution in [0.25, 0.3) is 0 Å². The molecular weight excluding hydrogens is 204 g/mol. The third kappa shape index (κ3) is 2.61. The maximum absolute atomic E-state index is 11.4. The molecule has 0 radical (unpaired) electrons. The lowest BCUT2D eigenvalue weighted by Gasteiger charge is -2.08. The number of hydrogen-bond donors (Lipinski definition) is 2. The molecule has 1 atom stereocenters. The van der Waals surface area contributed by atoms with Crippen LogP contribution in [0.4, 0.5) is 5.69 Å². The van der Waals surface area contributed by atoms with Crippen molar-refractivity contribution >= 4 is 5.69 Å². The maximum atomic E-state index is 11.4. The number of hydrogen-bond acceptors (Lipinski definition) is 5. The van der Waals surface area contributed by atoms with E-state index in [1.165, 1.54) is 12.3 Å². The average molecular weight is 214 g/mol. The van der Waals surface area contributed by atoms with Crippen molar-refractivity contribution in [1.29, 1.82) is 0 Å². The molecule has 15 heavy (non-hydrogen) atoms. The molecule has 0 saturated carbocycles. The van der Waals surface area contributed by atoms with E-state index in [1.807, 2.05) is 0 Å². The Morgan fingerprint density at radius 3 is 2.80 bits per heavy atom. The topological polar surface area (TPSA) is 106 Å². The van der Waals surface area contributed by atoms with Gasteiger partial charge in [-0.2, -0.15) is 0 Å². The lowest BCUT2D eigenvalue weighted by atomic mass is 10.3. The van der Waals surface area contributed by atoms with Crippen LogP contribution in [-0.2, 0) is 6.54 Å². The highest BCUT2D eigenvalue weighted by Crippen LogP contribution is 2.02. The zero-order valence-corrected chi connectivity index (χ0v) is 7.74. The summed E-state index contributed by atoms with van der Waals surface area (Å²) in [6, 6.07) is 2.42. The molecule has 1 aromatic rings. The first kappa shape index (κ1) is 11.3. The largest absolute Gasteiger partial charge is 0.394 e. The summed E-state index contributed by atoms with van der Waals surface area (Å²) in [7, 11) is 0. The zero-order valence-electron chi connectivity index (χ0n) is 7.74. The van der Waals surface area contributed by atoms with E-state index in [9.17, 15) is 14.9 Å². The molecule has 1 unspecified atom stereocenters. The minimum atomic E-state index is -1.11. The van der Waals surface area contributed by atoms with Gasteiger partial charge in [-0.15, -0.1) is 0 Å². The molecule has 0 amide bonds. The number of rotatable bonds is 4. The van der Waals surface area contributed by atoms with E-state index in [0.29, 0.717) is 0 Å². The van der Waals surface area contributed by atoms with Crippen LogP contribution in [0, 0.1) is 10.1 Å². The molecule has 0 aliphatic heterocycles. The fraction of sp³-hybridized carbons (Fsp3) is 0.375. The number of aliphatic hydroxyl groups is 2. The monoisotopic (exact) mass is 214 g/mol. The van der Waals surface area contributed by atoms with Gasteiger partial charge in [0, 0.05) is 12.3 Å². The van der Waals surface area contributed by atoms with Gasteiger partial charge in [-0.3, -0.25) is 14.9 Å². The molecule has 0 saturated heterocycles. The van der Waals surface area contributed by atoms with Crippen molar-refractivity contribution in [3.63, 3.8) is 0 Å². The van der Waals surface area contributed by atoms with Crippen LogP contribution < -0.4 is 5.56 Å². The predicted octanol–water partition coefficient (Wildman–Crippen LogP) is -0.890. The number of aromatic nitrogens is 1. The normalized spacial score (nSPS) is 12.4. The quantitative estimate of drug-likeness (QED) is 0.499. The van der Waals surface area contributed by atoms with Crippen molar-refractivity contribution in [2.24, 2.45) is 0 Å². The molecule has 0 spiro atoms. The summed E-state index contributed by atoms with van der Waals surface area (Å²) >= 11 is 0. The Bertz CT molecular complexity index is 414. The van der Waals surface area contributed by atoms with Gasteiger partial charge in [-0.1, -0.05) is 0 Å². The van der Waals surface area contributed by atoms with Crippen molar-refractivity contribution in [1.82, 2.24) is 4.57 Å². The highest BCUT2D eigenvalue weighted by atomic mass is 16.6. The number of pyridine rings is 1. The lowest BCUT2D eigenvalue weighted by Crippen LogP contribution is -2.29. The molecule has 7 nitrogen and oxygen atoms in total. The molecule has 1 rings (SSSR count). The summed E-state index contributed by atoms with van der Waals surface area (Å²) < 4.78 is 0.985. The fourth-order valence-electron chi connectivity index (χ4n) is 1.09. The Morgan fingerprint density at radius 1 is 1.60 bits per heavy atom. The Labute approximate surface area is 84.4 Å². The first-order chi connectivity index (χ1) is 7.06. The highest BCUT2D eigenvalue weighted by molar-refractivity contribution is 5.25. The summed E-state index contributed by atoms with van der Waals surface area (Å²) in [4.78, 5) is 21.0. The van der Waals surface area contributed by atoms with Gasteiger partial charge in [0.15, 0.2) is 0 Å². The molecule has 0 aliphatic carbocycles. The molecule has 0 aliphatic rings. The van der Waals surface area contributed by atoms with Gasteiger partial charge in [-0.25, -0.2) is 0 Å². The Balaban J connectivity index is 3.05. The van der Waals surface area contributed by atoms with Gasteiger partial charge in [0.1, 0.15) is 0 Å². The molecule has 0 fully saturated rings. The van der Waals surface area contributed by atoms with Crippen molar-refractivity contribution < 1.29 is 15.1 Å². The van der Waals surface area contributed by atoms with E-state index >= 15 is 0 Å². The SMILES string of the molecule is O=c1c([N+](=O)[O-])cccn1CC(O)CO. The van der Waals surface area contributed by atoms with Gasteiger partial charge < -0.3 is 14.8 Å². The number of aliphatic hydroxyl groups excluding tert-OH is 2. The van der Waals surface area contributed by atoms with E-state index in [4.69, 9.17) is 10.2 Å².